The number of anilines is 4. The van der Waals surface area contributed by atoms with Crippen LogP contribution in [0.3, 0.4) is 0 Å². The Hall–Kier alpha value is -3.14. The van der Waals surface area contributed by atoms with Crippen molar-refractivity contribution in [3.05, 3.63) is 47.5 Å². The summed E-state index contributed by atoms with van der Waals surface area (Å²) in [4.78, 5) is 8.84. The number of nitrogens with zero attached hydrogens (tertiary/aromatic N) is 3. The minimum absolute atomic E-state index is 0.169. The van der Waals surface area contributed by atoms with E-state index in [0.717, 1.165) is 18.1 Å². The van der Waals surface area contributed by atoms with Gasteiger partial charge in [0.15, 0.2) is 0 Å². The molecule has 0 unspecified atom stereocenters. The van der Waals surface area contributed by atoms with Crippen molar-refractivity contribution in [1.29, 1.82) is 0 Å². The second-order valence-corrected chi connectivity index (χ2v) is 7.91. The van der Waals surface area contributed by atoms with E-state index in [0.29, 0.717) is 28.7 Å². The molecule has 10 heteroatoms. The van der Waals surface area contributed by atoms with Crippen LogP contribution in [-0.2, 0) is 10.0 Å². The summed E-state index contributed by atoms with van der Waals surface area (Å²) in [7, 11) is -3.71. The lowest BCUT2D eigenvalue weighted by atomic mass is 10.3. The van der Waals surface area contributed by atoms with E-state index < -0.39 is 10.0 Å². The van der Waals surface area contributed by atoms with Crippen molar-refractivity contribution in [2.24, 2.45) is 0 Å². The largest absolute Gasteiger partial charge is 0.370 e. The van der Waals surface area contributed by atoms with Crippen LogP contribution in [0, 0.1) is 20.8 Å². The predicted molar refractivity (Wildman–Crippen MR) is 110 cm³/mol. The molecule has 2 heterocycles. The van der Waals surface area contributed by atoms with Gasteiger partial charge in [0, 0.05) is 24.0 Å². The maximum atomic E-state index is 12.6. The quantitative estimate of drug-likeness (QED) is 0.479. The fourth-order valence-corrected chi connectivity index (χ4v) is 4.25. The molecular weight excluding hydrogens is 378 g/mol. The van der Waals surface area contributed by atoms with Crippen LogP contribution in [0.1, 0.15) is 24.1 Å². The van der Waals surface area contributed by atoms with Crippen LogP contribution >= 0.6 is 0 Å². The Bertz CT molecular complexity index is 1060. The molecule has 0 atom stereocenters. The van der Waals surface area contributed by atoms with Crippen LogP contribution in [0.5, 0.6) is 0 Å². The fraction of sp³-hybridized carbons (Fsp3) is 0.278. The van der Waals surface area contributed by atoms with Crippen molar-refractivity contribution in [3.8, 4) is 0 Å². The molecule has 3 aromatic rings. The molecule has 0 aliphatic carbocycles. The summed E-state index contributed by atoms with van der Waals surface area (Å²) < 4.78 is 27.8. The highest BCUT2D eigenvalue weighted by Gasteiger charge is 2.22. The maximum Gasteiger partial charge on any atom is 0.265 e. The minimum Gasteiger partial charge on any atom is -0.370 e. The first-order valence-electron chi connectivity index (χ1n) is 8.79. The van der Waals surface area contributed by atoms with Gasteiger partial charge < -0.3 is 10.6 Å². The zero-order valence-electron chi connectivity index (χ0n) is 16.2. The Morgan fingerprint density at radius 2 is 1.64 bits per heavy atom. The zero-order chi connectivity index (χ0) is 20.3. The first-order chi connectivity index (χ1) is 13.3. The summed E-state index contributed by atoms with van der Waals surface area (Å²) in [6, 6.07) is 8.74. The van der Waals surface area contributed by atoms with Crippen molar-refractivity contribution >= 4 is 33.0 Å². The number of aryl methyl sites for hydroxylation is 3. The molecule has 148 valence electrons. The Kier molecular flexibility index (Phi) is 5.50. The molecule has 9 nitrogen and oxygen atoms in total. The fourth-order valence-electron chi connectivity index (χ4n) is 2.82. The van der Waals surface area contributed by atoms with Crippen LogP contribution < -0.4 is 15.4 Å². The second-order valence-electron chi connectivity index (χ2n) is 6.29. The number of hydrogen-bond donors (Lipinski definition) is 4. The molecule has 2 aromatic heterocycles. The molecule has 0 saturated heterocycles. The van der Waals surface area contributed by atoms with Gasteiger partial charge in [0.05, 0.1) is 11.4 Å². The Morgan fingerprint density at radius 1 is 1.00 bits per heavy atom. The van der Waals surface area contributed by atoms with Crippen molar-refractivity contribution in [2.75, 3.05) is 21.9 Å². The van der Waals surface area contributed by atoms with Gasteiger partial charge in [-0.05, 0) is 52.0 Å². The van der Waals surface area contributed by atoms with Crippen LogP contribution in [0.4, 0.5) is 23.0 Å². The smallest absolute Gasteiger partial charge is 0.265 e. The Balaban J connectivity index is 1.75. The number of hydrogen-bond acceptors (Lipinski definition) is 7. The number of aromatic nitrogens is 4. The lowest BCUT2D eigenvalue weighted by Gasteiger charge is -2.11. The SMILES string of the molecule is CCNc1cc(Nc2ccc(NS(=O)(=O)c3c(C)n[nH]c3C)cc2)nc(C)n1. The van der Waals surface area contributed by atoms with Crippen molar-refractivity contribution in [2.45, 2.75) is 32.6 Å². The van der Waals surface area contributed by atoms with Crippen molar-refractivity contribution in [3.63, 3.8) is 0 Å². The molecule has 0 spiro atoms. The van der Waals surface area contributed by atoms with Crippen molar-refractivity contribution < 1.29 is 8.42 Å². The standard InChI is InChI=1S/C18H23N7O2S/c1-5-19-16-10-17(21-13(4)20-16)22-14-6-8-15(9-7-14)25-28(26,27)18-11(2)23-24-12(18)3/h6-10,25H,5H2,1-4H3,(H,23,24)(H2,19,20,21,22). The minimum atomic E-state index is -3.71. The third kappa shape index (κ3) is 4.39. The van der Waals surface area contributed by atoms with E-state index in [-0.39, 0.29) is 4.90 Å². The summed E-state index contributed by atoms with van der Waals surface area (Å²) in [5.41, 5.74) is 2.16. The molecule has 0 aliphatic rings. The average molecular weight is 401 g/mol. The van der Waals surface area contributed by atoms with Crippen LogP contribution in [0.25, 0.3) is 0 Å². The van der Waals surface area contributed by atoms with Crippen LogP contribution in [-0.4, -0.2) is 35.1 Å². The summed E-state index contributed by atoms with van der Waals surface area (Å²) in [5.74, 6) is 2.05. The maximum absolute atomic E-state index is 12.6. The summed E-state index contributed by atoms with van der Waals surface area (Å²) in [6.45, 7) is 7.91. The van der Waals surface area contributed by atoms with Gasteiger partial charge in [0.1, 0.15) is 22.4 Å². The Morgan fingerprint density at radius 3 is 2.25 bits per heavy atom. The highest BCUT2D eigenvalue weighted by atomic mass is 32.2. The molecule has 1 aromatic carbocycles. The molecule has 4 N–H and O–H groups in total. The third-order valence-corrected chi connectivity index (χ3v) is 5.58. The second kappa shape index (κ2) is 7.85. The first kappa shape index (κ1) is 19.6. The van der Waals surface area contributed by atoms with Gasteiger partial charge in [-0.3, -0.25) is 9.82 Å². The Labute approximate surface area is 164 Å². The van der Waals surface area contributed by atoms with Gasteiger partial charge in [0.25, 0.3) is 10.0 Å². The van der Waals surface area contributed by atoms with E-state index in [1.54, 1.807) is 38.1 Å². The van der Waals surface area contributed by atoms with Gasteiger partial charge in [-0.2, -0.15) is 5.10 Å². The van der Waals surface area contributed by atoms with Crippen molar-refractivity contribution in [1.82, 2.24) is 20.2 Å². The van der Waals surface area contributed by atoms with Gasteiger partial charge in [-0.15, -0.1) is 0 Å². The van der Waals surface area contributed by atoms with Crippen LogP contribution in [0.15, 0.2) is 35.2 Å². The molecule has 0 saturated carbocycles. The zero-order valence-corrected chi connectivity index (χ0v) is 17.0. The molecular formula is C18H23N7O2S. The highest BCUT2D eigenvalue weighted by Crippen LogP contribution is 2.23. The highest BCUT2D eigenvalue weighted by molar-refractivity contribution is 7.92. The molecule has 0 amide bonds. The third-order valence-electron chi connectivity index (χ3n) is 3.93. The molecule has 0 radical (unpaired) electrons. The van der Waals surface area contributed by atoms with Gasteiger partial charge in [0.2, 0.25) is 0 Å². The topological polar surface area (TPSA) is 125 Å². The average Bonchev–Trinajstić information content (AvgIpc) is 2.95. The van der Waals surface area contributed by atoms with E-state index in [2.05, 4.69) is 35.5 Å². The number of benzene rings is 1. The van der Waals surface area contributed by atoms with E-state index in [4.69, 9.17) is 0 Å². The van der Waals surface area contributed by atoms with E-state index in [9.17, 15) is 8.42 Å². The van der Waals surface area contributed by atoms with Gasteiger partial charge >= 0.3 is 0 Å². The lowest BCUT2D eigenvalue weighted by molar-refractivity contribution is 0.600. The predicted octanol–water partition coefficient (Wildman–Crippen LogP) is 3.10. The number of nitrogens with one attached hydrogen (secondary N) is 4. The van der Waals surface area contributed by atoms with Gasteiger partial charge in [-0.25, -0.2) is 18.4 Å². The number of H-pyrrole nitrogens is 1. The first-order valence-corrected chi connectivity index (χ1v) is 10.3. The number of aromatic amines is 1. The van der Waals surface area contributed by atoms with E-state index in [1.165, 1.54) is 0 Å². The molecule has 0 fully saturated rings. The summed E-state index contributed by atoms with van der Waals surface area (Å²) in [6.07, 6.45) is 0. The molecule has 28 heavy (non-hydrogen) atoms. The van der Waals surface area contributed by atoms with Gasteiger partial charge in [-0.1, -0.05) is 0 Å². The summed E-state index contributed by atoms with van der Waals surface area (Å²) >= 11 is 0. The lowest BCUT2D eigenvalue weighted by Crippen LogP contribution is -2.14. The molecule has 0 bridgehead atoms. The molecule has 0 aliphatic heterocycles. The molecule has 3 rings (SSSR count). The van der Waals surface area contributed by atoms with E-state index >= 15 is 0 Å². The number of rotatable bonds is 7. The summed E-state index contributed by atoms with van der Waals surface area (Å²) in [5, 5.41) is 13.0. The number of sulfonamides is 1. The van der Waals surface area contributed by atoms with E-state index in [1.807, 2.05) is 19.9 Å². The van der Waals surface area contributed by atoms with Crippen LogP contribution in [0.2, 0.25) is 0 Å². The monoisotopic (exact) mass is 401 g/mol. The normalized spacial score (nSPS) is 11.3.